The molecule has 1 aromatic carbocycles. The van der Waals surface area contributed by atoms with Crippen molar-refractivity contribution in [2.24, 2.45) is 0 Å². The minimum Gasteiger partial charge on any atom is -0.336 e. The van der Waals surface area contributed by atoms with Crippen LogP contribution in [0.5, 0.6) is 0 Å². The summed E-state index contributed by atoms with van der Waals surface area (Å²) in [6, 6.07) is 10.6. The molecule has 2 unspecified atom stereocenters. The van der Waals surface area contributed by atoms with Gasteiger partial charge in [0.1, 0.15) is 0 Å². The number of H-pyrrole nitrogens is 1. The van der Waals surface area contributed by atoms with Crippen LogP contribution in [-0.2, 0) is 0 Å². The van der Waals surface area contributed by atoms with E-state index < -0.39 is 0 Å². The molecule has 2 aliphatic heterocycles. The average Bonchev–Trinajstić information content (AvgIpc) is 3.33. The Morgan fingerprint density at radius 2 is 1.94 bits per heavy atom. The lowest BCUT2D eigenvalue weighted by atomic mass is 9.86. The van der Waals surface area contributed by atoms with Gasteiger partial charge in [-0.3, -0.25) is 19.8 Å². The normalized spacial score (nSPS) is 21.7. The number of piperazine rings is 1. The summed E-state index contributed by atoms with van der Waals surface area (Å²) in [7, 11) is 0. The van der Waals surface area contributed by atoms with Crippen molar-refractivity contribution in [3.8, 4) is 11.3 Å². The van der Waals surface area contributed by atoms with Gasteiger partial charge in [-0.25, -0.2) is 0 Å². The number of fused-ring (bicyclic) bond motifs is 1. The molecule has 0 bridgehead atoms. The fourth-order valence-electron chi connectivity index (χ4n) is 4.95. The largest absolute Gasteiger partial charge is 0.336 e. The number of hydrogen-bond acceptors (Lipinski definition) is 4. The van der Waals surface area contributed by atoms with Crippen LogP contribution >= 0.6 is 11.6 Å². The van der Waals surface area contributed by atoms with Crippen LogP contribution in [0.2, 0.25) is 5.02 Å². The first-order valence-electron chi connectivity index (χ1n) is 10.8. The van der Waals surface area contributed by atoms with Crippen LogP contribution in [0, 0.1) is 6.92 Å². The molecular weight excluding hydrogens is 410 g/mol. The van der Waals surface area contributed by atoms with Gasteiger partial charge >= 0.3 is 0 Å². The Kier molecular flexibility index (Phi) is 5.50. The Hall–Kier alpha value is -2.70. The van der Waals surface area contributed by atoms with Crippen LogP contribution in [0.4, 0.5) is 0 Å². The molecule has 2 atom stereocenters. The topological polar surface area (TPSA) is 65.1 Å². The van der Waals surface area contributed by atoms with Gasteiger partial charge in [0.2, 0.25) is 0 Å². The molecular formula is C24H26ClN5O. The third-order valence-electron chi connectivity index (χ3n) is 6.77. The highest BCUT2D eigenvalue weighted by molar-refractivity contribution is 6.30. The first-order valence-corrected chi connectivity index (χ1v) is 11.2. The molecule has 31 heavy (non-hydrogen) atoms. The maximum Gasteiger partial charge on any atom is 0.255 e. The molecule has 1 amide bonds. The van der Waals surface area contributed by atoms with E-state index in [0.717, 1.165) is 60.9 Å². The van der Waals surface area contributed by atoms with Crippen molar-refractivity contribution in [1.82, 2.24) is 25.0 Å². The summed E-state index contributed by atoms with van der Waals surface area (Å²) in [4.78, 5) is 22.3. The summed E-state index contributed by atoms with van der Waals surface area (Å²) in [5.74, 6) is 0.610. The zero-order valence-corrected chi connectivity index (χ0v) is 18.3. The van der Waals surface area contributed by atoms with E-state index in [1.807, 2.05) is 30.0 Å². The van der Waals surface area contributed by atoms with Crippen LogP contribution in [-0.4, -0.2) is 63.1 Å². The third-order valence-corrected chi connectivity index (χ3v) is 7.03. The SMILES string of the molecule is Cc1c(C(=O)N2CCN3CC(c4ccc(Cl)cc4)CCC3C2)cncc1-c1ccn[nH]1. The van der Waals surface area contributed by atoms with Gasteiger partial charge in [-0.2, -0.15) is 5.10 Å². The second-order valence-corrected chi connectivity index (χ2v) is 8.99. The molecule has 3 aromatic rings. The van der Waals surface area contributed by atoms with Gasteiger partial charge < -0.3 is 4.90 Å². The number of rotatable bonds is 3. The first-order chi connectivity index (χ1) is 15.1. The number of aromatic amines is 1. The van der Waals surface area contributed by atoms with Crippen LogP contribution in [0.25, 0.3) is 11.3 Å². The van der Waals surface area contributed by atoms with Crippen molar-refractivity contribution in [1.29, 1.82) is 0 Å². The Morgan fingerprint density at radius 3 is 2.71 bits per heavy atom. The first kappa shape index (κ1) is 20.2. The van der Waals surface area contributed by atoms with E-state index in [-0.39, 0.29) is 5.91 Å². The van der Waals surface area contributed by atoms with Crippen molar-refractivity contribution < 1.29 is 4.79 Å². The molecule has 2 aromatic heterocycles. The van der Waals surface area contributed by atoms with Gasteiger partial charge in [-0.05, 0) is 55.0 Å². The van der Waals surface area contributed by atoms with E-state index in [2.05, 4.69) is 32.2 Å². The zero-order chi connectivity index (χ0) is 21.4. The lowest BCUT2D eigenvalue weighted by molar-refractivity contribution is 0.0328. The number of carbonyl (C=O) groups is 1. The Bertz CT molecular complexity index is 1070. The zero-order valence-electron chi connectivity index (χ0n) is 17.6. The van der Waals surface area contributed by atoms with E-state index in [9.17, 15) is 4.79 Å². The maximum absolute atomic E-state index is 13.4. The molecule has 2 aliphatic rings. The summed E-state index contributed by atoms with van der Waals surface area (Å²) < 4.78 is 0. The predicted octanol–water partition coefficient (Wildman–Crippen LogP) is 4.14. The number of hydrogen-bond donors (Lipinski definition) is 1. The highest BCUT2D eigenvalue weighted by atomic mass is 35.5. The van der Waals surface area contributed by atoms with Crippen molar-refractivity contribution in [2.45, 2.75) is 31.7 Å². The monoisotopic (exact) mass is 435 g/mol. The minimum atomic E-state index is 0.0749. The van der Waals surface area contributed by atoms with Gasteiger partial charge in [0.25, 0.3) is 5.91 Å². The number of benzene rings is 1. The van der Waals surface area contributed by atoms with Crippen LogP contribution in [0.1, 0.15) is 40.2 Å². The molecule has 1 N–H and O–H groups in total. The van der Waals surface area contributed by atoms with Crippen molar-refractivity contribution in [2.75, 3.05) is 26.2 Å². The van der Waals surface area contributed by atoms with E-state index >= 15 is 0 Å². The maximum atomic E-state index is 13.4. The average molecular weight is 436 g/mol. The molecule has 2 saturated heterocycles. The number of nitrogens with one attached hydrogen (secondary N) is 1. The van der Waals surface area contributed by atoms with Gasteiger partial charge in [0.15, 0.2) is 0 Å². The molecule has 0 spiro atoms. The lowest BCUT2D eigenvalue weighted by Crippen LogP contribution is -2.57. The molecule has 5 rings (SSSR count). The molecule has 2 fully saturated rings. The van der Waals surface area contributed by atoms with Crippen molar-refractivity contribution >= 4 is 17.5 Å². The fraction of sp³-hybridized carbons (Fsp3) is 0.375. The number of amides is 1. The second kappa shape index (κ2) is 8.44. The van der Waals surface area contributed by atoms with E-state index in [1.54, 1.807) is 18.6 Å². The van der Waals surface area contributed by atoms with Gasteiger partial charge in [-0.15, -0.1) is 0 Å². The highest BCUT2D eigenvalue weighted by Gasteiger charge is 2.35. The van der Waals surface area contributed by atoms with Crippen LogP contribution in [0.15, 0.2) is 48.9 Å². The second-order valence-electron chi connectivity index (χ2n) is 8.56. The number of nitrogens with zero attached hydrogens (tertiary/aromatic N) is 4. The van der Waals surface area contributed by atoms with E-state index in [1.165, 1.54) is 5.56 Å². The summed E-state index contributed by atoms with van der Waals surface area (Å²) >= 11 is 6.05. The summed E-state index contributed by atoms with van der Waals surface area (Å²) in [5.41, 5.74) is 4.78. The minimum absolute atomic E-state index is 0.0749. The smallest absolute Gasteiger partial charge is 0.255 e. The fourth-order valence-corrected chi connectivity index (χ4v) is 5.08. The van der Waals surface area contributed by atoms with Crippen LogP contribution in [0.3, 0.4) is 0 Å². The summed E-state index contributed by atoms with van der Waals surface area (Å²) in [5, 5.41) is 7.77. The number of halogens is 1. The number of pyridine rings is 1. The molecule has 0 radical (unpaired) electrons. The Labute approximate surface area is 187 Å². The van der Waals surface area contributed by atoms with Crippen molar-refractivity contribution in [3.05, 3.63) is 70.6 Å². The standard InChI is InChI=1S/C24H26ClN5O/c1-16-21(23-8-9-27-28-23)12-26-13-22(16)24(31)30-11-10-29-14-18(4-7-20(29)15-30)17-2-5-19(25)6-3-17/h2-3,5-6,8-9,12-13,18,20H,4,7,10-11,14-15H2,1H3,(H,27,28). The van der Waals surface area contributed by atoms with Gasteiger partial charge in [-0.1, -0.05) is 23.7 Å². The Morgan fingerprint density at radius 1 is 1.10 bits per heavy atom. The quantitative estimate of drug-likeness (QED) is 0.671. The van der Waals surface area contributed by atoms with E-state index in [0.29, 0.717) is 17.5 Å². The van der Waals surface area contributed by atoms with Gasteiger partial charge in [0, 0.05) is 61.4 Å². The number of piperidine rings is 1. The van der Waals surface area contributed by atoms with Crippen LogP contribution < -0.4 is 0 Å². The van der Waals surface area contributed by atoms with Crippen molar-refractivity contribution in [3.63, 3.8) is 0 Å². The Balaban J connectivity index is 1.28. The van der Waals surface area contributed by atoms with E-state index in [4.69, 9.17) is 11.6 Å². The third kappa shape index (κ3) is 3.98. The highest BCUT2D eigenvalue weighted by Crippen LogP contribution is 2.33. The number of aromatic nitrogens is 3. The number of carbonyl (C=O) groups excluding carboxylic acids is 1. The summed E-state index contributed by atoms with van der Waals surface area (Å²) in [6.45, 7) is 5.46. The molecule has 0 aliphatic carbocycles. The predicted molar refractivity (Wildman–Crippen MR) is 121 cm³/mol. The molecule has 0 saturated carbocycles. The molecule has 6 nitrogen and oxygen atoms in total. The summed E-state index contributed by atoms with van der Waals surface area (Å²) in [6.07, 6.45) is 7.43. The lowest BCUT2D eigenvalue weighted by Gasteiger charge is -2.46. The molecule has 4 heterocycles. The molecule has 7 heteroatoms. The van der Waals surface area contributed by atoms with Gasteiger partial charge in [0.05, 0.1) is 11.3 Å². The molecule has 160 valence electrons.